The van der Waals surface area contributed by atoms with Gasteiger partial charge in [-0.05, 0) is 45.8 Å². The fraction of sp³-hybridized carbons (Fsp3) is 0.0769. The van der Waals surface area contributed by atoms with Crippen LogP contribution in [0.4, 0.5) is 0 Å². The zero-order valence-corrected chi connectivity index (χ0v) is 11.7. The topological polar surface area (TPSA) is 50.2 Å². The molecular formula is C13H10BrNO2S. The van der Waals surface area contributed by atoms with E-state index in [4.69, 9.17) is 5.11 Å². The maximum atomic E-state index is 10.8. The Bertz CT molecular complexity index is 574. The molecule has 0 aliphatic heterocycles. The number of benzene rings is 1. The molecule has 0 atom stereocenters. The molecule has 0 fully saturated rings. The Morgan fingerprint density at radius 1 is 1.33 bits per heavy atom. The van der Waals surface area contributed by atoms with Crippen LogP contribution in [0.1, 0.15) is 16.1 Å². The first-order valence-electron chi connectivity index (χ1n) is 5.22. The minimum absolute atomic E-state index is 0.0835. The lowest BCUT2D eigenvalue weighted by atomic mass is 10.2. The standard InChI is InChI=1S/C13H10BrNO2S/c14-10-3-1-2-4-12(10)18-8-9-5-6-15-11(7-9)13(16)17/h1-7H,8H2,(H,16,17). The molecule has 92 valence electrons. The van der Waals surface area contributed by atoms with Crippen molar-refractivity contribution in [2.75, 3.05) is 0 Å². The molecule has 0 saturated carbocycles. The van der Waals surface area contributed by atoms with Crippen molar-refractivity contribution in [1.29, 1.82) is 0 Å². The molecule has 1 N–H and O–H groups in total. The zero-order valence-electron chi connectivity index (χ0n) is 9.34. The van der Waals surface area contributed by atoms with E-state index in [0.29, 0.717) is 5.75 Å². The highest BCUT2D eigenvalue weighted by Crippen LogP contribution is 2.29. The highest BCUT2D eigenvalue weighted by Gasteiger charge is 2.06. The van der Waals surface area contributed by atoms with Crippen LogP contribution in [0, 0.1) is 0 Å². The highest BCUT2D eigenvalue weighted by molar-refractivity contribution is 9.10. The fourth-order valence-corrected chi connectivity index (χ4v) is 2.91. The molecule has 2 aromatic rings. The summed E-state index contributed by atoms with van der Waals surface area (Å²) in [5.74, 6) is -0.284. The van der Waals surface area contributed by atoms with E-state index < -0.39 is 5.97 Å². The second-order valence-corrected chi connectivity index (χ2v) is 5.45. The second-order valence-electron chi connectivity index (χ2n) is 3.57. The van der Waals surface area contributed by atoms with Crippen molar-refractivity contribution in [2.24, 2.45) is 0 Å². The van der Waals surface area contributed by atoms with Gasteiger partial charge in [-0.15, -0.1) is 11.8 Å². The number of halogens is 1. The molecule has 2 rings (SSSR count). The summed E-state index contributed by atoms with van der Waals surface area (Å²) in [5, 5.41) is 8.86. The number of nitrogens with zero attached hydrogens (tertiary/aromatic N) is 1. The second kappa shape index (κ2) is 6.02. The van der Waals surface area contributed by atoms with Crippen LogP contribution in [0.5, 0.6) is 0 Å². The maximum Gasteiger partial charge on any atom is 0.354 e. The first-order chi connectivity index (χ1) is 8.66. The number of carboxylic acid groups (broad SMARTS) is 1. The minimum atomic E-state index is -0.997. The van der Waals surface area contributed by atoms with Crippen LogP contribution >= 0.6 is 27.7 Å². The Kier molecular flexibility index (Phi) is 4.38. The SMILES string of the molecule is O=C(O)c1cc(CSc2ccccc2Br)ccn1. The third-order valence-corrected chi connectivity index (χ3v) is 4.37. The van der Waals surface area contributed by atoms with Crippen molar-refractivity contribution in [3.63, 3.8) is 0 Å². The van der Waals surface area contributed by atoms with Crippen LogP contribution < -0.4 is 0 Å². The van der Waals surface area contributed by atoms with Crippen LogP contribution in [-0.2, 0) is 5.75 Å². The van der Waals surface area contributed by atoms with Crippen LogP contribution in [-0.4, -0.2) is 16.1 Å². The predicted molar refractivity (Wildman–Crippen MR) is 74.9 cm³/mol. The molecule has 0 aliphatic carbocycles. The van der Waals surface area contributed by atoms with Gasteiger partial charge < -0.3 is 5.11 Å². The lowest BCUT2D eigenvalue weighted by Gasteiger charge is -2.04. The van der Waals surface area contributed by atoms with Crippen LogP contribution in [0.2, 0.25) is 0 Å². The number of aromatic carboxylic acids is 1. The fourth-order valence-electron chi connectivity index (χ4n) is 1.40. The zero-order chi connectivity index (χ0) is 13.0. The van der Waals surface area contributed by atoms with Crippen LogP contribution in [0.3, 0.4) is 0 Å². The number of rotatable bonds is 4. The van der Waals surface area contributed by atoms with Crippen molar-refractivity contribution in [3.8, 4) is 0 Å². The third-order valence-electron chi connectivity index (χ3n) is 2.27. The van der Waals surface area contributed by atoms with Crippen LogP contribution in [0.15, 0.2) is 52.0 Å². The normalized spacial score (nSPS) is 10.3. The monoisotopic (exact) mass is 323 g/mol. The summed E-state index contributed by atoms with van der Waals surface area (Å²) < 4.78 is 1.04. The first-order valence-corrected chi connectivity index (χ1v) is 7.00. The van der Waals surface area contributed by atoms with Gasteiger partial charge in [0.2, 0.25) is 0 Å². The number of hydrogen-bond acceptors (Lipinski definition) is 3. The summed E-state index contributed by atoms with van der Waals surface area (Å²) in [6.45, 7) is 0. The van der Waals surface area contributed by atoms with Crippen molar-refractivity contribution in [1.82, 2.24) is 4.98 Å². The molecule has 18 heavy (non-hydrogen) atoms. The summed E-state index contributed by atoms with van der Waals surface area (Å²) in [5.41, 5.74) is 1.03. The van der Waals surface area contributed by atoms with Gasteiger partial charge in [0.1, 0.15) is 5.69 Å². The molecule has 0 bridgehead atoms. The number of carbonyl (C=O) groups is 1. The lowest BCUT2D eigenvalue weighted by molar-refractivity contribution is 0.0690. The van der Waals surface area contributed by atoms with Gasteiger partial charge in [-0.25, -0.2) is 9.78 Å². The summed E-state index contributed by atoms with van der Waals surface area (Å²) in [6, 6.07) is 11.4. The van der Waals surface area contributed by atoms with Crippen molar-refractivity contribution in [3.05, 3.63) is 58.3 Å². The average molecular weight is 324 g/mol. The molecule has 3 nitrogen and oxygen atoms in total. The van der Waals surface area contributed by atoms with Gasteiger partial charge in [0.05, 0.1) is 0 Å². The first kappa shape index (κ1) is 13.1. The molecular weight excluding hydrogens is 314 g/mol. The van der Waals surface area contributed by atoms with Gasteiger partial charge in [0.25, 0.3) is 0 Å². The largest absolute Gasteiger partial charge is 0.477 e. The Morgan fingerprint density at radius 3 is 2.83 bits per heavy atom. The Labute approximate surface area is 117 Å². The van der Waals surface area contributed by atoms with E-state index in [1.807, 2.05) is 30.3 Å². The molecule has 0 spiro atoms. The molecule has 0 saturated heterocycles. The molecule has 0 amide bonds. The van der Waals surface area contributed by atoms with E-state index in [1.165, 1.54) is 6.20 Å². The van der Waals surface area contributed by atoms with Gasteiger partial charge in [0.15, 0.2) is 0 Å². The number of pyridine rings is 1. The van der Waals surface area contributed by atoms with Gasteiger partial charge in [0, 0.05) is 21.3 Å². The van der Waals surface area contributed by atoms with Gasteiger partial charge in [-0.3, -0.25) is 0 Å². The quantitative estimate of drug-likeness (QED) is 0.868. The molecule has 1 aromatic carbocycles. The number of carboxylic acids is 1. The lowest BCUT2D eigenvalue weighted by Crippen LogP contribution is -2.00. The number of hydrogen-bond donors (Lipinski definition) is 1. The van der Waals surface area contributed by atoms with E-state index in [-0.39, 0.29) is 5.69 Å². The molecule has 0 unspecified atom stereocenters. The van der Waals surface area contributed by atoms with Crippen molar-refractivity contribution in [2.45, 2.75) is 10.6 Å². The summed E-state index contributed by atoms with van der Waals surface area (Å²) in [4.78, 5) is 15.7. The summed E-state index contributed by atoms with van der Waals surface area (Å²) in [7, 11) is 0. The van der Waals surface area contributed by atoms with E-state index in [0.717, 1.165) is 14.9 Å². The number of thioether (sulfide) groups is 1. The highest BCUT2D eigenvalue weighted by atomic mass is 79.9. The van der Waals surface area contributed by atoms with Crippen molar-refractivity contribution >= 4 is 33.7 Å². The summed E-state index contributed by atoms with van der Waals surface area (Å²) >= 11 is 5.13. The third kappa shape index (κ3) is 3.34. The maximum absolute atomic E-state index is 10.8. The van der Waals surface area contributed by atoms with E-state index in [1.54, 1.807) is 17.8 Å². The molecule has 1 heterocycles. The molecule has 5 heteroatoms. The summed E-state index contributed by atoms with van der Waals surface area (Å²) in [6.07, 6.45) is 1.53. The van der Waals surface area contributed by atoms with E-state index >= 15 is 0 Å². The predicted octanol–water partition coefficient (Wildman–Crippen LogP) is 3.83. The average Bonchev–Trinajstić information content (AvgIpc) is 2.38. The van der Waals surface area contributed by atoms with Gasteiger partial charge >= 0.3 is 5.97 Å². The van der Waals surface area contributed by atoms with E-state index in [9.17, 15) is 4.79 Å². The molecule has 0 radical (unpaired) electrons. The Balaban J connectivity index is 2.09. The molecule has 0 aliphatic rings. The van der Waals surface area contributed by atoms with Crippen LogP contribution in [0.25, 0.3) is 0 Å². The molecule has 1 aromatic heterocycles. The number of aromatic nitrogens is 1. The minimum Gasteiger partial charge on any atom is -0.477 e. The van der Waals surface area contributed by atoms with Gasteiger partial charge in [-0.1, -0.05) is 12.1 Å². The smallest absolute Gasteiger partial charge is 0.354 e. The Morgan fingerprint density at radius 2 is 2.11 bits per heavy atom. The van der Waals surface area contributed by atoms with Gasteiger partial charge in [-0.2, -0.15) is 0 Å². The Hall–Kier alpha value is -1.33. The van der Waals surface area contributed by atoms with Crippen molar-refractivity contribution < 1.29 is 9.90 Å². The van der Waals surface area contributed by atoms with E-state index in [2.05, 4.69) is 20.9 Å².